The molecule has 0 aromatic rings. The topological polar surface area (TPSA) is 72.8 Å². The van der Waals surface area contributed by atoms with E-state index in [1.54, 1.807) is 0 Å². The molecule has 0 aromatic heterocycles. The Labute approximate surface area is 72.6 Å². The van der Waals surface area contributed by atoms with Crippen LogP contribution in [0.5, 0.6) is 0 Å². The van der Waals surface area contributed by atoms with Gasteiger partial charge in [-0.1, -0.05) is 6.58 Å². The molecule has 0 atom stereocenters. The lowest BCUT2D eigenvalue weighted by Crippen LogP contribution is -2.07. The van der Waals surface area contributed by atoms with E-state index < -0.39 is 18.7 Å². The Bertz CT molecular complexity index is 176. The smallest absolute Gasteiger partial charge is 0.481 e. The molecule has 0 amide bonds. The van der Waals surface area contributed by atoms with Crippen LogP contribution in [0.3, 0.4) is 0 Å². The quantitative estimate of drug-likeness (QED) is 0.538. The summed E-state index contributed by atoms with van der Waals surface area (Å²) in [6.07, 6.45) is -0.759. The Morgan fingerprint density at radius 3 is 2.15 bits per heavy atom. The molecule has 0 aliphatic rings. The molecular formula is C6H8F2O5. The van der Waals surface area contributed by atoms with Crippen molar-refractivity contribution in [3.05, 3.63) is 12.8 Å². The lowest BCUT2D eigenvalue weighted by Gasteiger charge is -1.97. The molecule has 0 heterocycles. The second-order valence-electron chi connectivity index (χ2n) is 1.43. The van der Waals surface area contributed by atoms with E-state index in [1.165, 1.54) is 0 Å². The van der Waals surface area contributed by atoms with Crippen molar-refractivity contribution in [2.45, 2.75) is 13.5 Å². The molecule has 0 spiro atoms. The monoisotopic (exact) mass is 198 g/mol. The van der Waals surface area contributed by atoms with Crippen LogP contribution >= 0.6 is 0 Å². The number of hydrogen-bond acceptors (Lipinski definition) is 4. The van der Waals surface area contributed by atoms with E-state index in [9.17, 15) is 13.6 Å². The number of aliphatic carboxylic acids is 1. The molecule has 0 unspecified atom stereocenters. The van der Waals surface area contributed by atoms with Gasteiger partial charge in [0.15, 0.2) is 0 Å². The van der Waals surface area contributed by atoms with Gasteiger partial charge in [-0.3, -0.25) is 4.79 Å². The molecule has 5 nitrogen and oxygen atoms in total. The van der Waals surface area contributed by atoms with Gasteiger partial charge in [0.05, 0.1) is 6.26 Å². The fourth-order valence-corrected chi connectivity index (χ4v) is 0.169. The second-order valence-corrected chi connectivity index (χ2v) is 1.43. The average Bonchev–Trinajstić information content (AvgIpc) is 1.83. The van der Waals surface area contributed by atoms with Crippen LogP contribution in [0.4, 0.5) is 13.6 Å². The highest BCUT2D eigenvalue weighted by molar-refractivity contribution is 5.63. The van der Waals surface area contributed by atoms with Crippen LogP contribution in [0.15, 0.2) is 12.8 Å². The van der Waals surface area contributed by atoms with Crippen LogP contribution in [-0.2, 0) is 14.3 Å². The average molecular weight is 198 g/mol. The van der Waals surface area contributed by atoms with E-state index in [0.29, 0.717) is 6.26 Å². The molecular weight excluding hydrogens is 190 g/mol. The van der Waals surface area contributed by atoms with Gasteiger partial charge in [0.25, 0.3) is 5.97 Å². The summed E-state index contributed by atoms with van der Waals surface area (Å²) < 4.78 is 29.1. The minimum absolute atomic E-state index is 0.699. The standard InChI is InChI=1S/C4H4F2O3.C2H4O2/c1-2-8-4(7)9-3(5)6;1-2(3)4/h2-3H,1H2;1H3,(H,3,4). The Balaban J connectivity index is 0. The van der Waals surface area contributed by atoms with Gasteiger partial charge in [-0.2, -0.15) is 8.78 Å². The maximum absolute atomic E-state index is 11.1. The van der Waals surface area contributed by atoms with E-state index in [2.05, 4.69) is 16.1 Å². The fraction of sp³-hybridized carbons (Fsp3) is 0.333. The molecule has 76 valence electrons. The van der Waals surface area contributed by atoms with E-state index >= 15 is 0 Å². The molecule has 0 saturated heterocycles. The number of hydrogen-bond donors (Lipinski definition) is 1. The lowest BCUT2D eigenvalue weighted by molar-refractivity contribution is -0.134. The van der Waals surface area contributed by atoms with Gasteiger partial charge in [-0.15, -0.1) is 0 Å². The van der Waals surface area contributed by atoms with Gasteiger partial charge in [0.1, 0.15) is 0 Å². The van der Waals surface area contributed by atoms with Crippen LogP contribution in [0, 0.1) is 0 Å². The van der Waals surface area contributed by atoms with Crippen molar-refractivity contribution >= 4 is 12.1 Å². The van der Waals surface area contributed by atoms with Crippen LogP contribution in [0.25, 0.3) is 0 Å². The molecule has 0 bridgehead atoms. The minimum atomic E-state index is -3.14. The molecule has 0 saturated carbocycles. The van der Waals surface area contributed by atoms with Crippen molar-refractivity contribution in [1.82, 2.24) is 0 Å². The zero-order valence-electron chi connectivity index (χ0n) is 6.70. The van der Waals surface area contributed by atoms with Gasteiger partial charge < -0.3 is 14.6 Å². The summed E-state index contributed by atoms with van der Waals surface area (Å²) in [6, 6.07) is 0. The van der Waals surface area contributed by atoms with Crippen LogP contribution in [0.1, 0.15) is 6.92 Å². The van der Waals surface area contributed by atoms with Gasteiger partial charge in [-0.05, 0) is 0 Å². The summed E-state index contributed by atoms with van der Waals surface area (Å²) in [7, 11) is 0. The highest BCUT2D eigenvalue weighted by Gasteiger charge is 2.09. The summed E-state index contributed by atoms with van der Waals surface area (Å²) in [5.41, 5.74) is 0. The summed E-state index contributed by atoms with van der Waals surface area (Å²) >= 11 is 0. The van der Waals surface area contributed by atoms with Gasteiger partial charge in [-0.25, -0.2) is 4.79 Å². The fourth-order valence-electron chi connectivity index (χ4n) is 0.169. The zero-order valence-corrected chi connectivity index (χ0v) is 6.70. The number of carboxylic acid groups (broad SMARTS) is 1. The molecule has 1 N–H and O–H groups in total. The molecule has 0 rings (SSSR count). The number of ether oxygens (including phenoxy) is 2. The highest BCUT2D eigenvalue weighted by atomic mass is 19.3. The molecule has 0 fully saturated rings. The second kappa shape index (κ2) is 8.44. The number of carbonyl (C=O) groups is 2. The first-order valence-electron chi connectivity index (χ1n) is 2.86. The Kier molecular flexibility index (Phi) is 9.02. The third kappa shape index (κ3) is 25.2. The van der Waals surface area contributed by atoms with E-state index in [4.69, 9.17) is 9.90 Å². The lowest BCUT2D eigenvalue weighted by atomic mass is 10.9. The molecule has 13 heavy (non-hydrogen) atoms. The first-order chi connectivity index (χ1) is 5.90. The zero-order chi connectivity index (χ0) is 10.9. The summed E-state index contributed by atoms with van der Waals surface area (Å²) in [6.45, 7) is 0.882. The number of rotatable bonds is 2. The molecule has 0 aliphatic carbocycles. The first-order valence-corrected chi connectivity index (χ1v) is 2.86. The number of halogens is 2. The third-order valence-corrected chi connectivity index (χ3v) is 0.365. The van der Waals surface area contributed by atoms with Crippen molar-refractivity contribution < 1.29 is 33.0 Å². The first kappa shape index (κ1) is 13.9. The van der Waals surface area contributed by atoms with Crippen LogP contribution in [-0.4, -0.2) is 23.8 Å². The largest absolute Gasteiger partial charge is 0.517 e. The van der Waals surface area contributed by atoms with Gasteiger partial charge in [0.2, 0.25) is 0 Å². The van der Waals surface area contributed by atoms with Crippen LogP contribution in [0.2, 0.25) is 0 Å². The molecule has 7 heteroatoms. The molecule has 0 radical (unpaired) electrons. The van der Waals surface area contributed by atoms with Crippen molar-refractivity contribution in [2.24, 2.45) is 0 Å². The van der Waals surface area contributed by atoms with Crippen LogP contribution < -0.4 is 0 Å². The molecule has 0 aromatic carbocycles. The Morgan fingerprint density at radius 1 is 1.54 bits per heavy atom. The Morgan fingerprint density at radius 2 is 1.92 bits per heavy atom. The van der Waals surface area contributed by atoms with Crippen molar-refractivity contribution in [2.75, 3.05) is 0 Å². The maximum atomic E-state index is 11.1. The molecule has 0 aliphatic heterocycles. The van der Waals surface area contributed by atoms with E-state index in [-0.39, 0.29) is 0 Å². The van der Waals surface area contributed by atoms with Crippen molar-refractivity contribution in [3.8, 4) is 0 Å². The highest BCUT2D eigenvalue weighted by Crippen LogP contribution is 1.96. The van der Waals surface area contributed by atoms with Gasteiger partial charge in [0, 0.05) is 6.92 Å². The SMILES string of the molecule is C=COC(=O)OC(F)F.CC(=O)O. The third-order valence-electron chi connectivity index (χ3n) is 0.365. The van der Waals surface area contributed by atoms with E-state index in [1.807, 2.05) is 0 Å². The van der Waals surface area contributed by atoms with Crippen molar-refractivity contribution in [1.29, 1.82) is 0 Å². The minimum Gasteiger partial charge on any atom is -0.481 e. The predicted molar refractivity (Wildman–Crippen MR) is 37.1 cm³/mol. The normalized spacial score (nSPS) is 8.00. The van der Waals surface area contributed by atoms with Crippen molar-refractivity contribution in [3.63, 3.8) is 0 Å². The van der Waals surface area contributed by atoms with E-state index in [0.717, 1.165) is 6.92 Å². The number of alkyl halides is 2. The summed E-state index contributed by atoms with van der Waals surface area (Å²) in [5.74, 6) is -0.833. The Hall–Kier alpha value is -1.66. The number of carbonyl (C=O) groups excluding carboxylic acids is 1. The summed E-state index contributed by atoms with van der Waals surface area (Å²) in [5, 5.41) is 7.42. The summed E-state index contributed by atoms with van der Waals surface area (Å²) in [4.78, 5) is 18.9. The maximum Gasteiger partial charge on any atom is 0.517 e. The predicted octanol–water partition coefficient (Wildman–Crippen LogP) is 1.60. The van der Waals surface area contributed by atoms with Gasteiger partial charge >= 0.3 is 12.8 Å². The number of carboxylic acids is 1.